The smallest absolute Gasteiger partial charge is 0.243 e. The number of hydrogen-bond donors (Lipinski definition) is 2. The largest absolute Gasteiger partial charge is 0.381 e. The molecule has 2 N–H and O–H groups in total. The van der Waals surface area contributed by atoms with Crippen molar-refractivity contribution in [2.24, 2.45) is 5.92 Å². The molecule has 0 radical (unpaired) electrons. The fourth-order valence-electron chi connectivity index (χ4n) is 1.26. The number of nitrogens with one attached hydrogen (secondary N) is 1. The highest BCUT2D eigenvalue weighted by atomic mass is 16.5. The van der Waals surface area contributed by atoms with Crippen LogP contribution in [0, 0.1) is 5.92 Å². The van der Waals surface area contributed by atoms with Gasteiger partial charge in [-0.05, 0) is 18.8 Å². The minimum Gasteiger partial charge on any atom is -0.381 e. The van der Waals surface area contributed by atoms with Gasteiger partial charge in [-0.3, -0.25) is 10.0 Å². The Labute approximate surface area is 65.5 Å². The van der Waals surface area contributed by atoms with Crippen LogP contribution in [0.5, 0.6) is 0 Å². The molecule has 1 saturated heterocycles. The van der Waals surface area contributed by atoms with E-state index < -0.39 is 0 Å². The summed E-state index contributed by atoms with van der Waals surface area (Å²) in [4.78, 5) is 10.7. The fourth-order valence-corrected chi connectivity index (χ4v) is 1.26. The molecule has 11 heavy (non-hydrogen) atoms. The molecule has 0 aromatic rings. The van der Waals surface area contributed by atoms with Crippen LogP contribution in [0.25, 0.3) is 0 Å². The molecular weight excluding hydrogens is 146 g/mol. The third kappa shape index (κ3) is 2.86. The quantitative estimate of drug-likeness (QED) is 0.450. The number of hydroxylamine groups is 1. The number of hydrogen-bond acceptors (Lipinski definition) is 3. The lowest BCUT2D eigenvalue weighted by Crippen LogP contribution is -2.25. The van der Waals surface area contributed by atoms with Crippen LogP contribution in [0.3, 0.4) is 0 Å². The Morgan fingerprint density at radius 2 is 2.18 bits per heavy atom. The maximum Gasteiger partial charge on any atom is 0.243 e. The zero-order valence-corrected chi connectivity index (χ0v) is 6.38. The van der Waals surface area contributed by atoms with Gasteiger partial charge in [-0.1, -0.05) is 0 Å². The molecule has 1 heterocycles. The van der Waals surface area contributed by atoms with Gasteiger partial charge in [0, 0.05) is 19.6 Å². The lowest BCUT2D eigenvalue weighted by Gasteiger charge is -2.20. The molecule has 0 atom stereocenters. The summed E-state index contributed by atoms with van der Waals surface area (Å²) in [5, 5.41) is 8.23. The van der Waals surface area contributed by atoms with Gasteiger partial charge < -0.3 is 4.74 Å². The topological polar surface area (TPSA) is 58.6 Å². The summed E-state index contributed by atoms with van der Waals surface area (Å²) in [7, 11) is 0. The molecule has 0 aliphatic carbocycles. The van der Waals surface area contributed by atoms with Crippen LogP contribution in [0.2, 0.25) is 0 Å². The first kappa shape index (κ1) is 8.49. The van der Waals surface area contributed by atoms with Gasteiger partial charge in [0.05, 0.1) is 0 Å². The molecule has 0 unspecified atom stereocenters. The number of ether oxygens (including phenoxy) is 1. The van der Waals surface area contributed by atoms with Crippen LogP contribution in [0.15, 0.2) is 0 Å². The highest BCUT2D eigenvalue weighted by Crippen LogP contribution is 2.17. The van der Waals surface area contributed by atoms with Gasteiger partial charge in [-0.2, -0.15) is 0 Å². The van der Waals surface area contributed by atoms with Crippen LogP contribution in [-0.2, 0) is 9.53 Å². The van der Waals surface area contributed by atoms with Crippen LogP contribution < -0.4 is 5.48 Å². The molecule has 0 bridgehead atoms. The predicted octanol–water partition coefficient (Wildman–Crippen LogP) is 0.308. The van der Waals surface area contributed by atoms with Crippen LogP contribution in [0.4, 0.5) is 0 Å². The van der Waals surface area contributed by atoms with Gasteiger partial charge >= 0.3 is 0 Å². The summed E-state index contributed by atoms with van der Waals surface area (Å²) in [6.45, 7) is 1.48. The minimum absolute atomic E-state index is 0.295. The van der Waals surface area contributed by atoms with Crippen molar-refractivity contribution < 1.29 is 14.7 Å². The zero-order valence-electron chi connectivity index (χ0n) is 6.38. The summed E-state index contributed by atoms with van der Waals surface area (Å²) in [5.41, 5.74) is 1.63. The summed E-state index contributed by atoms with van der Waals surface area (Å²) in [6.07, 6.45) is 2.26. The SMILES string of the molecule is O=C(CC1CCOCC1)NO. The molecule has 0 aromatic carbocycles. The molecule has 1 fully saturated rings. The van der Waals surface area contributed by atoms with E-state index in [-0.39, 0.29) is 5.91 Å². The van der Waals surface area contributed by atoms with E-state index in [2.05, 4.69) is 0 Å². The Kier molecular flexibility index (Phi) is 3.32. The summed E-state index contributed by atoms with van der Waals surface area (Å²) in [5.74, 6) is 0.0906. The lowest BCUT2D eigenvalue weighted by atomic mass is 9.96. The molecule has 1 amide bonds. The zero-order chi connectivity index (χ0) is 8.10. The van der Waals surface area contributed by atoms with Gasteiger partial charge in [0.2, 0.25) is 5.91 Å². The molecule has 64 valence electrons. The lowest BCUT2D eigenvalue weighted by molar-refractivity contribution is -0.130. The van der Waals surface area contributed by atoms with Gasteiger partial charge in [0.15, 0.2) is 0 Å². The van der Waals surface area contributed by atoms with E-state index in [1.165, 1.54) is 0 Å². The predicted molar refractivity (Wildman–Crippen MR) is 38.1 cm³/mol. The summed E-state index contributed by atoms with van der Waals surface area (Å²) in [6, 6.07) is 0. The van der Waals surface area contributed by atoms with E-state index >= 15 is 0 Å². The van der Waals surface area contributed by atoms with Crippen LogP contribution in [0.1, 0.15) is 19.3 Å². The van der Waals surface area contributed by atoms with E-state index in [1.807, 2.05) is 0 Å². The molecule has 0 saturated carbocycles. The molecular formula is C7H13NO3. The minimum atomic E-state index is -0.295. The van der Waals surface area contributed by atoms with Crippen molar-refractivity contribution in [1.29, 1.82) is 0 Å². The van der Waals surface area contributed by atoms with E-state index in [0.717, 1.165) is 26.1 Å². The molecule has 1 aliphatic heterocycles. The first-order chi connectivity index (χ1) is 5.33. The van der Waals surface area contributed by atoms with Crippen molar-refractivity contribution in [2.45, 2.75) is 19.3 Å². The Balaban J connectivity index is 2.19. The highest BCUT2D eigenvalue weighted by molar-refractivity contribution is 5.74. The molecule has 4 heteroatoms. The highest BCUT2D eigenvalue weighted by Gasteiger charge is 2.16. The molecule has 1 aliphatic rings. The van der Waals surface area contributed by atoms with Gasteiger partial charge in [-0.15, -0.1) is 0 Å². The standard InChI is InChI=1S/C7H13NO3/c9-7(8-10)5-6-1-3-11-4-2-6/h6,10H,1-5H2,(H,8,9). The molecule has 0 aromatic heterocycles. The maximum atomic E-state index is 10.7. The van der Waals surface area contributed by atoms with Crippen molar-refractivity contribution >= 4 is 5.91 Å². The first-order valence-electron chi connectivity index (χ1n) is 3.83. The van der Waals surface area contributed by atoms with Gasteiger partial charge in [0.25, 0.3) is 0 Å². The van der Waals surface area contributed by atoms with Crippen molar-refractivity contribution in [3.05, 3.63) is 0 Å². The van der Waals surface area contributed by atoms with E-state index in [4.69, 9.17) is 9.94 Å². The Hall–Kier alpha value is -0.610. The van der Waals surface area contributed by atoms with Crippen molar-refractivity contribution in [1.82, 2.24) is 5.48 Å². The number of carbonyl (C=O) groups is 1. The number of amides is 1. The van der Waals surface area contributed by atoms with Crippen LogP contribution >= 0.6 is 0 Å². The fraction of sp³-hybridized carbons (Fsp3) is 0.857. The average molecular weight is 159 g/mol. The Morgan fingerprint density at radius 3 is 2.73 bits per heavy atom. The maximum absolute atomic E-state index is 10.7. The first-order valence-corrected chi connectivity index (χ1v) is 3.83. The summed E-state index contributed by atoms with van der Waals surface area (Å²) < 4.78 is 5.12. The van der Waals surface area contributed by atoms with E-state index in [1.54, 1.807) is 5.48 Å². The van der Waals surface area contributed by atoms with Crippen molar-refractivity contribution in [2.75, 3.05) is 13.2 Å². The normalized spacial score (nSPS) is 19.7. The van der Waals surface area contributed by atoms with E-state index in [0.29, 0.717) is 12.3 Å². The summed E-state index contributed by atoms with van der Waals surface area (Å²) >= 11 is 0. The third-order valence-electron chi connectivity index (χ3n) is 1.94. The number of rotatable bonds is 2. The third-order valence-corrected chi connectivity index (χ3v) is 1.94. The average Bonchev–Trinajstić information content (AvgIpc) is 2.06. The molecule has 4 nitrogen and oxygen atoms in total. The van der Waals surface area contributed by atoms with Crippen molar-refractivity contribution in [3.8, 4) is 0 Å². The second kappa shape index (κ2) is 4.31. The van der Waals surface area contributed by atoms with Gasteiger partial charge in [-0.25, -0.2) is 5.48 Å². The van der Waals surface area contributed by atoms with E-state index in [9.17, 15) is 4.79 Å². The Morgan fingerprint density at radius 1 is 1.55 bits per heavy atom. The van der Waals surface area contributed by atoms with Crippen LogP contribution in [-0.4, -0.2) is 24.3 Å². The second-order valence-corrected chi connectivity index (χ2v) is 2.79. The van der Waals surface area contributed by atoms with Crippen molar-refractivity contribution in [3.63, 3.8) is 0 Å². The van der Waals surface area contributed by atoms with Gasteiger partial charge in [0.1, 0.15) is 0 Å². The number of carbonyl (C=O) groups excluding carboxylic acids is 1. The monoisotopic (exact) mass is 159 g/mol. The molecule has 1 rings (SSSR count). The second-order valence-electron chi connectivity index (χ2n) is 2.79. The molecule has 0 spiro atoms. The Bertz CT molecular complexity index is 132.